The van der Waals surface area contributed by atoms with Crippen molar-refractivity contribution in [2.75, 3.05) is 12.3 Å². The summed E-state index contributed by atoms with van der Waals surface area (Å²) >= 11 is 0. The topological polar surface area (TPSA) is 0 Å². The molecule has 0 radical (unpaired) electrons. The Hall–Kier alpha value is 0.430. The minimum Gasteiger partial charge on any atom is -0.122 e. The van der Waals surface area contributed by atoms with Gasteiger partial charge in [-0.1, -0.05) is 39.5 Å². The van der Waals surface area contributed by atoms with Crippen LogP contribution < -0.4 is 0 Å². The Balaban J connectivity index is 2.69. The van der Waals surface area contributed by atoms with E-state index in [2.05, 4.69) is 13.8 Å². The Morgan fingerprint density at radius 2 is 1.18 bits per heavy atom. The van der Waals surface area contributed by atoms with Crippen molar-refractivity contribution in [3.8, 4) is 0 Å². The molecule has 0 bridgehead atoms. The minimum atomic E-state index is 1.25. The van der Waals surface area contributed by atoms with Crippen molar-refractivity contribution in [2.45, 2.75) is 52.4 Å². The van der Waals surface area contributed by atoms with E-state index in [0.29, 0.717) is 0 Å². The smallest absolute Gasteiger partial charge is 0.0353 e. The van der Waals surface area contributed by atoms with E-state index in [-0.39, 0.29) is 0 Å². The second-order valence-corrected chi connectivity index (χ2v) is 4.66. The highest BCUT2D eigenvalue weighted by Crippen LogP contribution is 2.15. The lowest BCUT2D eigenvalue weighted by molar-refractivity contribution is 0.765. The molecule has 0 aliphatic carbocycles. The van der Waals surface area contributed by atoms with E-state index in [1.165, 1.54) is 59.4 Å². The summed E-state index contributed by atoms with van der Waals surface area (Å²) in [4.78, 5) is 0. The Morgan fingerprint density at radius 1 is 0.727 bits per heavy atom. The summed E-state index contributed by atoms with van der Waals surface area (Å²) in [5.41, 5.74) is 0. The summed E-state index contributed by atoms with van der Waals surface area (Å²) in [6, 6.07) is 0. The van der Waals surface area contributed by atoms with Crippen LogP contribution in [0.3, 0.4) is 0 Å². The number of hydrogen-bond donors (Lipinski definition) is 0. The van der Waals surface area contributed by atoms with Crippen LogP contribution >= 0.6 is 8.58 Å². The van der Waals surface area contributed by atoms with Crippen LogP contribution in [0.25, 0.3) is 0 Å². The van der Waals surface area contributed by atoms with E-state index in [0.717, 1.165) is 0 Å². The maximum absolute atomic E-state index is 2.28. The third-order valence-corrected chi connectivity index (χ3v) is 3.33. The van der Waals surface area contributed by atoms with Crippen LogP contribution in [0.2, 0.25) is 0 Å². The van der Waals surface area contributed by atoms with E-state index in [1.807, 2.05) is 0 Å². The van der Waals surface area contributed by atoms with Crippen molar-refractivity contribution in [1.82, 2.24) is 0 Å². The zero-order valence-corrected chi connectivity index (χ0v) is 9.16. The maximum Gasteiger partial charge on any atom is -0.0353 e. The number of hydrogen-bond acceptors (Lipinski definition) is 0. The van der Waals surface area contributed by atoms with Crippen molar-refractivity contribution in [1.29, 1.82) is 0 Å². The van der Waals surface area contributed by atoms with Crippen molar-refractivity contribution < 1.29 is 0 Å². The van der Waals surface area contributed by atoms with E-state index in [1.54, 1.807) is 0 Å². The highest BCUT2D eigenvalue weighted by atomic mass is 31.1. The zero-order chi connectivity index (χ0) is 8.36. The third-order valence-electron chi connectivity index (χ3n) is 1.91. The fourth-order valence-electron chi connectivity index (χ4n) is 1.12. The molecule has 0 aromatic rings. The molecule has 0 atom stereocenters. The van der Waals surface area contributed by atoms with Crippen molar-refractivity contribution in [3.63, 3.8) is 0 Å². The minimum absolute atomic E-state index is 1.25. The lowest BCUT2D eigenvalue weighted by Crippen LogP contribution is -1.81. The molecule has 11 heavy (non-hydrogen) atoms. The molecule has 68 valence electrons. The largest absolute Gasteiger partial charge is 0.122 e. The first-order valence-corrected chi connectivity index (χ1v) is 6.54. The molecule has 0 fully saturated rings. The summed E-state index contributed by atoms with van der Waals surface area (Å²) in [7, 11) is 1.25. The molecule has 1 heteroatoms. The molecule has 0 N–H and O–H groups in total. The molecule has 0 spiro atoms. The fraction of sp³-hybridized carbons (Fsp3) is 1.00. The number of rotatable bonds is 8. The Labute approximate surface area is 73.9 Å². The molecule has 0 aliphatic heterocycles. The maximum atomic E-state index is 2.28. The summed E-state index contributed by atoms with van der Waals surface area (Å²) in [6.45, 7) is 4.56. The van der Waals surface area contributed by atoms with E-state index < -0.39 is 0 Å². The van der Waals surface area contributed by atoms with Crippen molar-refractivity contribution in [2.24, 2.45) is 0 Å². The van der Waals surface area contributed by atoms with Crippen LogP contribution in [0.1, 0.15) is 52.4 Å². The lowest BCUT2D eigenvalue weighted by Gasteiger charge is -1.99. The Morgan fingerprint density at radius 3 is 1.55 bits per heavy atom. The molecule has 0 aliphatic rings. The second kappa shape index (κ2) is 10.4. The van der Waals surface area contributed by atoms with Gasteiger partial charge in [-0.2, -0.15) is 0 Å². The van der Waals surface area contributed by atoms with Crippen LogP contribution in [0, 0.1) is 0 Å². The molecular weight excluding hydrogens is 151 g/mol. The van der Waals surface area contributed by atoms with Gasteiger partial charge in [-0.05, 0) is 25.2 Å². The van der Waals surface area contributed by atoms with Gasteiger partial charge in [0.05, 0.1) is 0 Å². The van der Waals surface area contributed by atoms with Crippen molar-refractivity contribution in [3.05, 3.63) is 0 Å². The van der Waals surface area contributed by atoms with Crippen LogP contribution in [-0.4, -0.2) is 12.3 Å². The third kappa shape index (κ3) is 10.4. The Bertz CT molecular complexity index is 53.9. The van der Waals surface area contributed by atoms with Gasteiger partial charge in [0.1, 0.15) is 0 Å². The van der Waals surface area contributed by atoms with Gasteiger partial charge in [-0.15, -0.1) is 8.58 Å². The van der Waals surface area contributed by atoms with E-state index in [9.17, 15) is 0 Å². The molecule has 0 aromatic carbocycles. The SMILES string of the molecule is CCCCCPCCCCC. The summed E-state index contributed by atoms with van der Waals surface area (Å²) in [6.07, 6.45) is 11.6. The summed E-state index contributed by atoms with van der Waals surface area (Å²) in [5.74, 6) is 0. The highest BCUT2D eigenvalue weighted by molar-refractivity contribution is 7.37. The van der Waals surface area contributed by atoms with Crippen LogP contribution in [-0.2, 0) is 0 Å². The predicted octanol–water partition coefficient (Wildman–Crippen LogP) is 4.05. The summed E-state index contributed by atoms with van der Waals surface area (Å²) in [5, 5.41) is 0. The molecule has 0 amide bonds. The molecule has 0 unspecified atom stereocenters. The lowest BCUT2D eigenvalue weighted by atomic mass is 10.3. The molecule has 0 nitrogen and oxygen atoms in total. The van der Waals surface area contributed by atoms with Gasteiger partial charge in [0.25, 0.3) is 0 Å². The molecule has 0 heterocycles. The Kier molecular flexibility index (Phi) is 10.8. The van der Waals surface area contributed by atoms with Gasteiger partial charge in [0.2, 0.25) is 0 Å². The van der Waals surface area contributed by atoms with E-state index >= 15 is 0 Å². The van der Waals surface area contributed by atoms with E-state index in [4.69, 9.17) is 0 Å². The molecule has 0 saturated heterocycles. The van der Waals surface area contributed by atoms with Gasteiger partial charge < -0.3 is 0 Å². The molecule has 0 saturated carbocycles. The number of unbranched alkanes of at least 4 members (excludes halogenated alkanes) is 4. The molecule has 0 rings (SSSR count). The highest BCUT2D eigenvalue weighted by Gasteiger charge is 1.88. The first kappa shape index (κ1) is 11.4. The first-order valence-electron chi connectivity index (χ1n) is 5.12. The van der Waals surface area contributed by atoms with Crippen LogP contribution in [0.4, 0.5) is 0 Å². The second-order valence-electron chi connectivity index (χ2n) is 3.16. The van der Waals surface area contributed by atoms with Crippen LogP contribution in [0.5, 0.6) is 0 Å². The fourth-order valence-corrected chi connectivity index (χ4v) is 2.37. The molecular formula is C10H23P. The van der Waals surface area contributed by atoms with Gasteiger partial charge in [-0.3, -0.25) is 0 Å². The monoisotopic (exact) mass is 174 g/mol. The average Bonchev–Trinajstić information content (AvgIpc) is 2.03. The van der Waals surface area contributed by atoms with Gasteiger partial charge in [0, 0.05) is 0 Å². The first-order chi connectivity index (χ1) is 5.41. The van der Waals surface area contributed by atoms with Gasteiger partial charge in [0.15, 0.2) is 0 Å². The summed E-state index contributed by atoms with van der Waals surface area (Å²) < 4.78 is 0. The standard InChI is InChI=1S/C10H23P/c1-3-5-7-9-11-10-8-6-4-2/h11H,3-10H2,1-2H3. The van der Waals surface area contributed by atoms with Crippen LogP contribution in [0.15, 0.2) is 0 Å². The van der Waals surface area contributed by atoms with Gasteiger partial charge >= 0.3 is 0 Å². The van der Waals surface area contributed by atoms with Gasteiger partial charge in [-0.25, -0.2) is 0 Å². The zero-order valence-electron chi connectivity index (χ0n) is 8.16. The quantitative estimate of drug-likeness (QED) is 0.385. The predicted molar refractivity (Wildman–Crippen MR) is 57.1 cm³/mol. The van der Waals surface area contributed by atoms with Crippen molar-refractivity contribution >= 4 is 8.58 Å². The molecule has 0 aromatic heterocycles. The normalized spacial score (nSPS) is 10.4. The average molecular weight is 174 g/mol.